The third-order valence-electron chi connectivity index (χ3n) is 5.90. The number of anilines is 2. The normalized spacial score (nSPS) is 15.2. The molecule has 3 aromatic rings. The van der Waals surface area contributed by atoms with Gasteiger partial charge < -0.3 is 24.1 Å². The fraction of sp³-hybridized carbons (Fsp3) is 0.308. The number of sulfonamides is 1. The second-order valence-electron chi connectivity index (χ2n) is 8.39. The molecule has 1 saturated heterocycles. The summed E-state index contributed by atoms with van der Waals surface area (Å²) in [5.41, 5.74) is 1.87. The third kappa shape index (κ3) is 6.49. The Morgan fingerprint density at radius 2 is 1.89 bits per heavy atom. The second kappa shape index (κ2) is 11.5. The summed E-state index contributed by atoms with van der Waals surface area (Å²) in [4.78, 5) is 29.4. The average Bonchev–Trinajstić information content (AvgIpc) is 3.41. The molecule has 196 valence electrons. The monoisotopic (exact) mass is 527 g/mol. The zero-order chi connectivity index (χ0) is 26.4. The zero-order valence-corrected chi connectivity index (χ0v) is 21.4. The van der Waals surface area contributed by atoms with Crippen molar-refractivity contribution in [3.63, 3.8) is 0 Å². The molecule has 0 saturated carbocycles. The van der Waals surface area contributed by atoms with Gasteiger partial charge in [0.25, 0.3) is 11.5 Å². The Bertz CT molecular complexity index is 1400. The first-order valence-electron chi connectivity index (χ1n) is 11.8. The smallest absolute Gasteiger partial charge is 0.264 e. The number of pyridine rings is 1. The van der Waals surface area contributed by atoms with Gasteiger partial charge >= 0.3 is 0 Å². The van der Waals surface area contributed by atoms with E-state index in [9.17, 15) is 18.0 Å². The van der Waals surface area contributed by atoms with Crippen molar-refractivity contribution in [3.05, 3.63) is 82.3 Å². The van der Waals surface area contributed by atoms with E-state index in [0.717, 1.165) is 12.8 Å². The molecule has 2 heterocycles. The first-order valence-corrected chi connectivity index (χ1v) is 13.5. The Labute approximate surface area is 215 Å². The Balaban J connectivity index is 1.69. The molecule has 10 nitrogen and oxygen atoms in total. The minimum absolute atomic E-state index is 0.190. The van der Waals surface area contributed by atoms with Gasteiger partial charge in [-0.2, -0.15) is 0 Å². The molecule has 1 aromatic heterocycles. The van der Waals surface area contributed by atoms with Crippen molar-refractivity contribution < 1.29 is 27.4 Å². The largest absolute Gasteiger partial charge is 0.493 e. The highest BCUT2D eigenvalue weighted by molar-refractivity contribution is 7.90. The van der Waals surface area contributed by atoms with Crippen molar-refractivity contribution in [1.29, 1.82) is 0 Å². The van der Waals surface area contributed by atoms with Gasteiger partial charge in [-0.25, -0.2) is 13.1 Å². The average molecular weight is 528 g/mol. The van der Waals surface area contributed by atoms with Crippen LogP contribution in [-0.4, -0.2) is 45.1 Å². The molecule has 1 fully saturated rings. The summed E-state index contributed by atoms with van der Waals surface area (Å²) in [6.07, 6.45) is 2.88. The van der Waals surface area contributed by atoms with Gasteiger partial charge in [0.15, 0.2) is 17.8 Å². The molecule has 1 aliphatic rings. The number of carbonyl (C=O) groups excluding carboxylic acids is 1. The number of aromatic amines is 1. The third-order valence-corrected chi connectivity index (χ3v) is 7.16. The first kappa shape index (κ1) is 26.2. The number of nitrogens with one attached hydrogen (secondary N) is 2. The second-order valence-corrected chi connectivity index (χ2v) is 10.4. The first-order chi connectivity index (χ1) is 17.8. The van der Waals surface area contributed by atoms with Crippen molar-refractivity contribution >= 4 is 27.3 Å². The molecule has 1 aliphatic heterocycles. The number of benzene rings is 2. The fourth-order valence-electron chi connectivity index (χ4n) is 3.86. The predicted molar refractivity (Wildman–Crippen MR) is 139 cm³/mol. The molecule has 1 amide bonds. The Morgan fingerprint density at radius 3 is 2.54 bits per heavy atom. The number of rotatable bonds is 10. The molecule has 11 heteroatoms. The molecule has 4 rings (SSSR count). The lowest BCUT2D eigenvalue weighted by atomic mass is 10.1. The van der Waals surface area contributed by atoms with Crippen LogP contribution in [0.15, 0.2) is 65.6 Å². The van der Waals surface area contributed by atoms with E-state index in [1.165, 1.54) is 19.1 Å². The number of hydrogen-bond donors (Lipinski definition) is 2. The number of H-pyrrole nitrogens is 1. The zero-order valence-electron chi connectivity index (χ0n) is 20.6. The fourth-order valence-corrected chi connectivity index (χ4v) is 4.40. The van der Waals surface area contributed by atoms with Crippen LogP contribution >= 0.6 is 0 Å². The number of methoxy groups -OCH3 is 1. The van der Waals surface area contributed by atoms with Gasteiger partial charge in [0.2, 0.25) is 10.0 Å². The minimum atomic E-state index is -3.69. The lowest BCUT2D eigenvalue weighted by molar-refractivity contribution is -0.0402. The maximum atomic E-state index is 12.5. The molecule has 2 N–H and O–H groups in total. The van der Waals surface area contributed by atoms with Gasteiger partial charge in [0, 0.05) is 41.2 Å². The van der Waals surface area contributed by atoms with Crippen molar-refractivity contribution in [1.82, 2.24) is 9.71 Å². The maximum absolute atomic E-state index is 12.5. The molecule has 0 bridgehead atoms. The maximum Gasteiger partial charge on any atom is 0.264 e. The highest BCUT2D eigenvalue weighted by Crippen LogP contribution is 2.37. The van der Waals surface area contributed by atoms with Gasteiger partial charge in [-0.15, -0.1) is 0 Å². The highest BCUT2D eigenvalue weighted by Gasteiger charge is 2.21. The summed E-state index contributed by atoms with van der Waals surface area (Å²) < 4.78 is 42.7. The summed E-state index contributed by atoms with van der Waals surface area (Å²) in [5.74, 6) is 0.126. The molecule has 0 spiro atoms. The van der Waals surface area contributed by atoms with E-state index in [1.807, 2.05) is 21.8 Å². The van der Waals surface area contributed by atoms with Crippen LogP contribution in [0.5, 0.6) is 11.5 Å². The van der Waals surface area contributed by atoms with Crippen LogP contribution < -0.4 is 24.7 Å². The van der Waals surface area contributed by atoms with E-state index in [-0.39, 0.29) is 29.7 Å². The van der Waals surface area contributed by atoms with Gasteiger partial charge in [0.1, 0.15) is 0 Å². The summed E-state index contributed by atoms with van der Waals surface area (Å²) in [6.45, 7) is 2.31. The topological polar surface area (TPSA) is 127 Å². The van der Waals surface area contributed by atoms with E-state index in [2.05, 4.69) is 4.98 Å². The Hall–Kier alpha value is -3.83. The van der Waals surface area contributed by atoms with Gasteiger partial charge in [-0.05, 0) is 55.8 Å². The predicted octanol–water partition coefficient (Wildman–Crippen LogP) is 3.32. The molecule has 0 aliphatic carbocycles. The van der Waals surface area contributed by atoms with Crippen molar-refractivity contribution in [3.8, 4) is 11.5 Å². The molecular formula is C26H29N3O7S. The number of nitrogens with zero attached hydrogens (tertiary/aromatic N) is 1. The van der Waals surface area contributed by atoms with Crippen LogP contribution in [0.4, 0.5) is 11.4 Å². The van der Waals surface area contributed by atoms with Gasteiger partial charge in [0.05, 0.1) is 26.0 Å². The van der Waals surface area contributed by atoms with Gasteiger partial charge in [-0.3, -0.25) is 9.59 Å². The van der Waals surface area contributed by atoms with Crippen LogP contribution in [0.3, 0.4) is 0 Å². The summed E-state index contributed by atoms with van der Waals surface area (Å²) in [5, 5.41) is 0. The van der Waals surface area contributed by atoms with E-state index in [4.69, 9.17) is 14.2 Å². The number of hydrogen-bond acceptors (Lipinski definition) is 8. The summed E-state index contributed by atoms with van der Waals surface area (Å²) >= 11 is 0. The molecule has 37 heavy (non-hydrogen) atoms. The summed E-state index contributed by atoms with van der Waals surface area (Å²) in [7, 11) is -2.13. The minimum Gasteiger partial charge on any atom is -0.493 e. The lowest BCUT2D eigenvalue weighted by Crippen LogP contribution is -2.31. The van der Waals surface area contributed by atoms with E-state index < -0.39 is 15.9 Å². The molecular weight excluding hydrogens is 498 g/mol. The standard InChI is InChI=1S/C26H29N3O7S/c1-3-37(32,33)28-26(31)18-8-10-20(11-9-18)29(17-19-6-4-14-27-25(19)30)21-12-13-22(34-2)23(16-21)36-24-7-5-15-35-24/h4,6,8-14,16,24H,3,5,7,15,17H2,1-2H3,(H,27,30)(H,28,31)/t24-/m1/s1. The quantitative estimate of drug-likeness (QED) is 0.411. The van der Waals surface area contributed by atoms with Crippen molar-refractivity contribution in [2.24, 2.45) is 0 Å². The van der Waals surface area contributed by atoms with Gasteiger partial charge in [-0.1, -0.05) is 6.07 Å². The Morgan fingerprint density at radius 1 is 1.14 bits per heavy atom. The molecule has 0 unspecified atom stereocenters. The number of aromatic nitrogens is 1. The van der Waals surface area contributed by atoms with Crippen LogP contribution in [0.1, 0.15) is 35.7 Å². The summed E-state index contributed by atoms with van der Waals surface area (Å²) in [6, 6.07) is 15.4. The highest BCUT2D eigenvalue weighted by atomic mass is 32.2. The Kier molecular flexibility index (Phi) is 8.14. The van der Waals surface area contributed by atoms with Crippen molar-refractivity contribution in [2.75, 3.05) is 24.4 Å². The molecule has 2 aromatic carbocycles. The van der Waals surface area contributed by atoms with E-state index in [0.29, 0.717) is 35.0 Å². The van der Waals surface area contributed by atoms with Crippen LogP contribution in [0.25, 0.3) is 0 Å². The van der Waals surface area contributed by atoms with E-state index >= 15 is 0 Å². The number of carbonyl (C=O) groups is 1. The van der Waals surface area contributed by atoms with Crippen molar-refractivity contribution in [2.45, 2.75) is 32.6 Å². The molecule has 0 radical (unpaired) electrons. The van der Waals surface area contributed by atoms with Crippen LogP contribution in [0.2, 0.25) is 0 Å². The lowest BCUT2D eigenvalue weighted by Gasteiger charge is -2.26. The van der Waals surface area contributed by atoms with E-state index in [1.54, 1.807) is 43.6 Å². The number of amides is 1. The number of ether oxygens (including phenoxy) is 3. The SMILES string of the molecule is CCS(=O)(=O)NC(=O)c1ccc(N(Cc2ccc[nH]c2=O)c2ccc(OC)c(O[C@@H]3CCCO3)c2)cc1. The van der Waals surface area contributed by atoms with Crippen LogP contribution in [0, 0.1) is 0 Å². The molecule has 1 atom stereocenters. The van der Waals surface area contributed by atoms with Crippen LogP contribution in [-0.2, 0) is 21.3 Å².